The van der Waals surface area contributed by atoms with E-state index in [0.717, 1.165) is 6.07 Å². The summed E-state index contributed by atoms with van der Waals surface area (Å²) >= 11 is 0. The highest BCUT2D eigenvalue weighted by Gasteiger charge is 2.16. The number of anilines is 1. The van der Waals surface area contributed by atoms with Crippen molar-refractivity contribution in [3.05, 3.63) is 35.8 Å². The van der Waals surface area contributed by atoms with Gasteiger partial charge in [0.15, 0.2) is 23.3 Å². The predicted octanol–water partition coefficient (Wildman–Crippen LogP) is 1.94. The number of hydrazine groups is 1. The van der Waals surface area contributed by atoms with Crippen LogP contribution in [-0.2, 0) is 0 Å². The SMILES string of the molecule is NNc1nccc2cc(F)c(F)c(F)c12. The first-order chi connectivity index (χ1) is 7.15. The van der Waals surface area contributed by atoms with E-state index < -0.39 is 17.5 Å². The molecule has 0 amide bonds. The zero-order chi connectivity index (χ0) is 11.0. The summed E-state index contributed by atoms with van der Waals surface area (Å²) in [5.41, 5.74) is 2.12. The lowest BCUT2D eigenvalue weighted by atomic mass is 10.1. The van der Waals surface area contributed by atoms with Gasteiger partial charge < -0.3 is 5.43 Å². The Morgan fingerprint density at radius 1 is 1.20 bits per heavy atom. The summed E-state index contributed by atoms with van der Waals surface area (Å²) < 4.78 is 39.1. The largest absolute Gasteiger partial charge is 0.308 e. The molecule has 0 radical (unpaired) electrons. The van der Waals surface area contributed by atoms with Crippen molar-refractivity contribution in [1.82, 2.24) is 4.98 Å². The molecule has 0 saturated carbocycles. The number of halogens is 3. The molecule has 0 aliphatic carbocycles. The summed E-state index contributed by atoms with van der Waals surface area (Å²) in [5.74, 6) is 0.963. The standard InChI is InChI=1S/C9H6F3N3/c10-5-3-4-1-2-14-9(15-13)6(4)8(12)7(5)11/h1-3H,13H2,(H,14,15). The van der Waals surface area contributed by atoms with Crippen molar-refractivity contribution in [2.24, 2.45) is 5.84 Å². The van der Waals surface area contributed by atoms with Gasteiger partial charge in [0, 0.05) is 6.20 Å². The molecule has 0 aliphatic rings. The molecule has 0 bridgehead atoms. The predicted molar refractivity (Wildman–Crippen MR) is 49.4 cm³/mol. The summed E-state index contributed by atoms with van der Waals surface area (Å²) in [6.45, 7) is 0. The van der Waals surface area contributed by atoms with Gasteiger partial charge in [0.1, 0.15) is 0 Å². The second kappa shape index (κ2) is 3.39. The third-order valence-electron chi connectivity index (χ3n) is 2.02. The fraction of sp³-hybridized carbons (Fsp3) is 0. The molecule has 0 fully saturated rings. The van der Waals surface area contributed by atoms with Crippen molar-refractivity contribution in [2.45, 2.75) is 0 Å². The number of nitrogens with two attached hydrogens (primary N) is 1. The first kappa shape index (κ1) is 9.72. The Morgan fingerprint density at radius 2 is 1.93 bits per heavy atom. The van der Waals surface area contributed by atoms with Crippen molar-refractivity contribution in [1.29, 1.82) is 0 Å². The molecular weight excluding hydrogens is 207 g/mol. The van der Waals surface area contributed by atoms with Crippen LogP contribution >= 0.6 is 0 Å². The Balaban J connectivity index is 2.93. The van der Waals surface area contributed by atoms with Crippen LogP contribution in [0.1, 0.15) is 0 Å². The molecular formula is C9H6F3N3. The van der Waals surface area contributed by atoms with Crippen LogP contribution in [0.4, 0.5) is 19.0 Å². The molecule has 2 rings (SSSR count). The van der Waals surface area contributed by atoms with Gasteiger partial charge >= 0.3 is 0 Å². The number of hydrogen-bond acceptors (Lipinski definition) is 3. The number of nitrogens with zero attached hydrogens (tertiary/aromatic N) is 1. The van der Waals surface area contributed by atoms with Gasteiger partial charge in [0.25, 0.3) is 0 Å². The van der Waals surface area contributed by atoms with Gasteiger partial charge in [-0.05, 0) is 17.5 Å². The molecule has 2 aromatic rings. The molecule has 0 unspecified atom stereocenters. The average molecular weight is 213 g/mol. The number of fused-ring (bicyclic) bond motifs is 1. The van der Waals surface area contributed by atoms with Crippen LogP contribution in [0.15, 0.2) is 18.3 Å². The molecule has 0 aliphatic heterocycles. The molecule has 3 N–H and O–H groups in total. The van der Waals surface area contributed by atoms with Gasteiger partial charge in [-0.1, -0.05) is 0 Å². The lowest BCUT2D eigenvalue weighted by Crippen LogP contribution is -2.10. The van der Waals surface area contributed by atoms with Crippen LogP contribution in [0.3, 0.4) is 0 Å². The van der Waals surface area contributed by atoms with Gasteiger partial charge in [-0.15, -0.1) is 0 Å². The Hall–Kier alpha value is -1.82. The van der Waals surface area contributed by atoms with Crippen LogP contribution in [0.2, 0.25) is 0 Å². The van der Waals surface area contributed by atoms with E-state index in [-0.39, 0.29) is 16.6 Å². The highest BCUT2D eigenvalue weighted by molar-refractivity contribution is 5.92. The first-order valence-electron chi connectivity index (χ1n) is 4.04. The topological polar surface area (TPSA) is 50.9 Å². The summed E-state index contributed by atoms with van der Waals surface area (Å²) in [5, 5.41) is 0.0215. The number of hydrogen-bond donors (Lipinski definition) is 2. The fourth-order valence-electron chi connectivity index (χ4n) is 1.35. The number of aromatic nitrogens is 1. The zero-order valence-corrected chi connectivity index (χ0v) is 7.39. The Morgan fingerprint density at radius 3 is 2.60 bits per heavy atom. The molecule has 78 valence electrons. The third-order valence-corrected chi connectivity index (χ3v) is 2.02. The molecule has 1 aromatic carbocycles. The number of nitrogen functional groups attached to an aromatic ring is 1. The molecule has 0 atom stereocenters. The van der Waals surface area contributed by atoms with Gasteiger partial charge in [0.05, 0.1) is 5.39 Å². The van der Waals surface area contributed by atoms with Crippen molar-refractivity contribution < 1.29 is 13.2 Å². The van der Waals surface area contributed by atoms with Crippen molar-refractivity contribution in [3.8, 4) is 0 Å². The summed E-state index contributed by atoms with van der Waals surface area (Å²) in [6, 6.07) is 2.25. The maximum atomic E-state index is 13.4. The Bertz CT molecular complexity index is 527. The van der Waals surface area contributed by atoms with Crippen LogP contribution in [0, 0.1) is 17.5 Å². The van der Waals surface area contributed by atoms with Crippen LogP contribution in [-0.4, -0.2) is 4.98 Å². The summed E-state index contributed by atoms with van der Waals surface area (Å²) in [6.07, 6.45) is 1.31. The first-order valence-corrected chi connectivity index (χ1v) is 4.04. The molecule has 0 saturated heterocycles. The van der Waals surface area contributed by atoms with E-state index in [1.807, 2.05) is 0 Å². The average Bonchev–Trinajstić information content (AvgIpc) is 2.25. The van der Waals surface area contributed by atoms with Gasteiger partial charge in [-0.3, -0.25) is 0 Å². The minimum absolute atomic E-state index is 0.0381. The van der Waals surface area contributed by atoms with E-state index in [4.69, 9.17) is 5.84 Å². The molecule has 6 heteroatoms. The number of pyridine rings is 1. The van der Waals surface area contributed by atoms with Gasteiger partial charge in [-0.25, -0.2) is 24.0 Å². The minimum Gasteiger partial charge on any atom is -0.308 e. The maximum absolute atomic E-state index is 13.4. The van der Waals surface area contributed by atoms with Crippen LogP contribution in [0.5, 0.6) is 0 Å². The minimum atomic E-state index is -1.54. The van der Waals surface area contributed by atoms with E-state index in [0.29, 0.717) is 0 Å². The maximum Gasteiger partial charge on any atom is 0.195 e. The number of benzene rings is 1. The van der Waals surface area contributed by atoms with Gasteiger partial charge in [-0.2, -0.15) is 0 Å². The summed E-state index contributed by atoms with van der Waals surface area (Å²) in [7, 11) is 0. The van der Waals surface area contributed by atoms with Crippen molar-refractivity contribution in [3.63, 3.8) is 0 Å². The third kappa shape index (κ3) is 1.39. The van der Waals surface area contributed by atoms with Crippen molar-refractivity contribution in [2.75, 3.05) is 5.43 Å². The summed E-state index contributed by atoms with van der Waals surface area (Å²) in [4.78, 5) is 3.69. The fourth-order valence-corrected chi connectivity index (χ4v) is 1.35. The highest BCUT2D eigenvalue weighted by Crippen LogP contribution is 2.27. The van der Waals surface area contributed by atoms with E-state index >= 15 is 0 Å². The smallest absolute Gasteiger partial charge is 0.195 e. The van der Waals surface area contributed by atoms with Crippen LogP contribution < -0.4 is 11.3 Å². The highest BCUT2D eigenvalue weighted by atomic mass is 19.2. The second-order valence-electron chi connectivity index (χ2n) is 2.89. The number of rotatable bonds is 1. The molecule has 1 heterocycles. The molecule has 1 aromatic heterocycles. The Kier molecular flexibility index (Phi) is 2.20. The molecule has 15 heavy (non-hydrogen) atoms. The normalized spacial score (nSPS) is 10.7. The van der Waals surface area contributed by atoms with E-state index in [1.54, 1.807) is 0 Å². The zero-order valence-electron chi connectivity index (χ0n) is 7.39. The monoisotopic (exact) mass is 213 g/mol. The van der Waals surface area contributed by atoms with E-state index in [9.17, 15) is 13.2 Å². The second-order valence-corrected chi connectivity index (χ2v) is 2.89. The van der Waals surface area contributed by atoms with Crippen LogP contribution in [0.25, 0.3) is 10.8 Å². The van der Waals surface area contributed by atoms with Crippen molar-refractivity contribution >= 4 is 16.6 Å². The number of nitrogens with one attached hydrogen (secondary N) is 1. The lowest BCUT2D eigenvalue weighted by molar-refractivity contribution is 0.453. The molecule has 3 nitrogen and oxygen atoms in total. The van der Waals surface area contributed by atoms with E-state index in [2.05, 4.69) is 10.4 Å². The Labute approximate surface area is 82.7 Å². The molecule has 0 spiro atoms. The quantitative estimate of drug-likeness (QED) is 0.432. The van der Waals surface area contributed by atoms with E-state index in [1.165, 1.54) is 12.3 Å². The van der Waals surface area contributed by atoms with Gasteiger partial charge in [0.2, 0.25) is 0 Å². The lowest BCUT2D eigenvalue weighted by Gasteiger charge is -2.06.